The van der Waals surface area contributed by atoms with Crippen LogP contribution in [-0.2, 0) is 0 Å². The van der Waals surface area contributed by atoms with Gasteiger partial charge >= 0.3 is 0 Å². The number of nitrogens with zero attached hydrogens (tertiary/aromatic N) is 1. The maximum Gasteiger partial charge on any atom is 0.255 e. The van der Waals surface area contributed by atoms with Crippen LogP contribution >= 0.6 is 11.6 Å². The molecule has 0 unspecified atom stereocenters. The van der Waals surface area contributed by atoms with Crippen molar-refractivity contribution in [1.29, 1.82) is 0 Å². The van der Waals surface area contributed by atoms with Gasteiger partial charge in [0.2, 0.25) is 0 Å². The smallest absolute Gasteiger partial charge is 0.255 e. The number of benzene rings is 1. The topological polar surface area (TPSA) is 54.0 Å². The van der Waals surface area contributed by atoms with Crippen molar-refractivity contribution in [2.24, 2.45) is 0 Å². The van der Waals surface area contributed by atoms with Crippen molar-refractivity contribution in [2.75, 3.05) is 17.7 Å². The van der Waals surface area contributed by atoms with Gasteiger partial charge in [-0.15, -0.1) is 0 Å². The number of amides is 1. The van der Waals surface area contributed by atoms with Crippen LogP contribution < -0.4 is 10.6 Å². The Morgan fingerprint density at radius 3 is 2.43 bits per heavy atom. The molecule has 4 nitrogen and oxygen atoms in total. The normalized spacial score (nSPS) is 10.5. The van der Waals surface area contributed by atoms with Crippen molar-refractivity contribution >= 4 is 29.0 Å². The van der Waals surface area contributed by atoms with Crippen LogP contribution in [0.15, 0.2) is 36.4 Å². The number of anilines is 2. The lowest BCUT2D eigenvalue weighted by atomic mass is 10.0. The summed E-state index contributed by atoms with van der Waals surface area (Å²) in [5.74, 6) is 0.808. The van der Waals surface area contributed by atoms with Gasteiger partial charge < -0.3 is 10.6 Å². The predicted molar refractivity (Wildman–Crippen MR) is 87.3 cm³/mol. The molecule has 5 heteroatoms. The van der Waals surface area contributed by atoms with Crippen molar-refractivity contribution < 1.29 is 4.79 Å². The molecule has 0 spiro atoms. The van der Waals surface area contributed by atoms with E-state index >= 15 is 0 Å². The Hall–Kier alpha value is -2.07. The van der Waals surface area contributed by atoms with Gasteiger partial charge in [-0.2, -0.15) is 0 Å². The third-order valence-corrected chi connectivity index (χ3v) is 3.34. The molecule has 0 aliphatic carbocycles. The van der Waals surface area contributed by atoms with E-state index in [0.29, 0.717) is 17.3 Å². The Kier molecular flexibility index (Phi) is 4.81. The molecule has 0 radical (unpaired) electrons. The first kappa shape index (κ1) is 15.3. The Bertz CT molecular complexity index is 638. The highest BCUT2D eigenvalue weighted by atomic mass is 35.5. The zero-order chi connectivity index (χ0) is 15.4. The highest BCUT2D eigenvalue weighted by Gasteiger charge is 2.09. The number of aromatic nitrogens is 1. The number of pyridine rings is 1. The van der Waals surface area contributed by atoms with Crippen molar-refractivity contribution in [3.05, 3.63) is 52.7 Å². The largest absolute Gasteiger partial charge is 0.373 e. The van der Waals surface area contributed by atoms with Crippen LogP contribution in [-0.4, -0.2) is 17.9 Å². The van der Waals surface area contributed by atoms with Crippen LogP contribution in [0.1, 0.15) is 35.7 Å². The molecule has 1 aromatic heterocycles. The van der Waals surface area contributed by atoms with Gasteiger partial charge in [-0.3, -0.25) is 4.79 Å². The van der Waals surface area contributed by atoms with Gasteiger partial charge in [-0.25, -0.2) is 4.98 Å². The van der Waals surface area contributed by atoms with E-state index in [1.54, 1.807) is 19.2 Å². The monoisotopic (exact) mass is 303 g/mol. The Labute approximate surface area is 129 Å². The minimum atomic E-state index is -0.215. The second-order valence-electron chi connectivity index (χ2n) is 5.04. The van der Waals surface area contributed by atoms with Crippen molar-refractivity contribution in [3.8, 4) is 0 Å². The Balaban J connectivity index is 2.15. The summed E-state index contributed by atoms with van der Waals surface area (Å²) in [6.45, 7) is 4.26. The molecule has 1 amide bonds. The van der Waals surface area contributed by atoms with Gasteiger partial charge in [-0.05, 0) is 35.7 Å². The molecule has 0 saturated heterocycles. The summed E-state index contributed by atoms with van der Waals surface area (Å²) in [4.78, 5) is 16.3. The first-order chi connectivity index (χ1) is 9.99. The van der Waals surface area contributed by atoms with Crippen LogP contribution in [0, 0.1) is 0 Å². The van der Waals surface area contributed by atoms with Gasteiger partial charge in [0.05, 0.1) is 0 Å². The van der Waals surface area contributed by atoms with E-state index < -0.39 is 0 Å². The first-order valence-corrected chi connectivity index (χ1v) is 7.14. The highest BCUT2D eigenvalue weighted by Crippen LogP contribution is 2.19. The van der Waals surface area contributed by atoms with Crippen LogP contribution in [0.3, 0.4) is 0 Å². The quantitative estimate of drug-likeness (QED) is 0.834. The molecular formula is C16H18ClN3O. The minimum Gasteiger partial charge on any atom is -0.373 e. The molecule has 0 atom stereocenters. The molecule has 0 aliphatic rings. The van der Waals surface area contributed by atoms with E-state index in [9.17, 15) is 4.79 Å². The summed E-state index contributed by atoms with van der Waals surface area (Å²) in [6, 6.07) is 11.0. The zero-order valence-electron chi connectivity index (χ0n) is 12.3. The maximum absolute atomic E-state index is 12.2. The van der Waals surface area contributed by atoms with Gasteiger partial charge in [0.25, 0.3) is 5.91 Å². The number of hydrogen-bond donors (Lipinski definition) is 2. The summed E-state index contributed by atoms with van der Waals surface area (Å²) in [7, 11) is 1.73. The summed E-state index contributed by atoms with van der Waals surface area (Å²) in [5.41, 5.74) is 2.45. The number of halogens is 1. The maximum atomic E-state index is 12.2. The number of rotatable bonds is 4. The van der Waals surface area contributed by atoms with E-state index in [0.717, 1.165) is 5.69 Å². The Morgan fingerprint density at radius 2 is 1.86 bits per heavy atom. The highest BCUT2D eigenvalue weighted by molar-refractivity contribution is 6.30. The van der Waals surface area contributed by atoms with Crippen LogP contribution in [0.5, 0.6) is 0 Å². The van der Waals surface area contributed by atoms with Gasteiger partial charge in [0.15, 0.2) is 0 Å². The molecule has 2 N–H and O–H groups in total. The lowest BCUT2D eigenvalue weighted by molar-refractivity contribution is 0.102. The molecule has 2 aromatic rings. The average molecular weight is 304 g/mol. The summed E-state index contributed by atoms with van der Waals surface area (Å²) in [5, 5.41) is 6.00. The number of hydrogen-bond acceptors (Lipinski definition) is 3. The van der Waals surface area contributed by atoms with Crippen LogP contribution in [0.2, 0.25) is 5.15 Å². The van der Waals surface area contributed by atoms with Gasteiger partial charge in [0, 0.05) is 18.3 Å². The fourth-order valence-electron chi connectivity index (χ4n) is 1.91. The fraction of sp³-hybridized carbons (Fsp3) is 0.250. The molecule has 0 aliphatic heterocycles. The van der Waals surface area contributed by atoms with Crippen molar-refractivity contribution in [1.82, 2.24) is 4.98 Å². The molecule has 0 bridgehead atoms. The van der Waals surface area contributed by atoms with E-state index in [2.05, 4.69) is 29.5 Å². The second kappa shape index (κ2) is 6.59. The minimum absolute atomic E-state index is 0.215. The fourth-order valence-corrected chi connectivity index (χ4v) is 2.12. The first-order valence-electron chi connectivity index (χ1n) is 6.76. The standard InChI is InChI=1S/C16H18ClN3O/c1-10(2)11-4-6-13(7-5-11)19-16(21)12-8-14(17)20-15(9-12)18-3/h4-10H,1-3H3,(H,18,20)(H,19,21). The Morgan fingerprint density at radius 1 is 1.19 bits per heavy atom. The molecule has 21 heavy (non-hydrogen) atoms. The molecule has 110 valence electrons. The number of carbonyl (C=O) groups excluding carboxylic acids is 1. The number of carbonyl (C=O) groups is 1. The molecule has 0 saturated carbocycles. The van der Waals surface area contributed by atoms with E-state index in [1.807, 2.05) is 24.3 Å². The number of nitrogens with one attached hydrogen (secondary N) is 2. The SMILES string of the molecule is CNc1cc(C(=O)Nc2ccc(C(C)C)cc2)cc(Cl)n1. The second-order valence-corrected chi connectivity index (χ2v) is 5.43. The summed E-state index contributed by atoms with van der Waals surface area (Å²) < 4.78 is 0. The predicted octanol–water partition coefficient (Wildman–Crippen LogP) is 4.15. The molecule has 1 heterocycles. The summed E-state index contributed by atoms with van der Waals surface area (Å²) >= 11 is 5.90. The molecule has 1 aromatic carbocycles. The lowest BCUT2D eigenvalue weighted by Gasteiger charge is -2.09. The lowest BCUT2D eigenvalue weighted by Crippen LogP contribution is -2.12. The third-order valence-electron chi connectivity index (χ3n) is 3.15. The molecule has 0 fully saturated rings. The summed E-state index contributed by atoms with van der Waals surface area (Å²) in [6.07, 6.45) is 0. The zero-order valence-corrected chi connectivity index (χ0v) is 13.0. The van der Waals surface area contributed by atoms with Crippen LogP contribution in [0.4, 0.5) is 11.5 Å². The van der Waals surface area contributed by atoms with E-state index in [-0.39, 0.29) is 11.1 Å². The van der Waals surface area contributed by atoms with Crippen molar-refractivity contribution in [2.45, 2.75) is 19.8 Å². The molecular weight excluding hydrogens is 286 g/mol. The van der Waals surface area contributed by atoms with E-state index in [1.165, 1.54) is 5.56 Å². The van der Waals surface area contributed by atoms with Crippen molar-refractivity contribution in [3.63, 3.8) is 0 Å². The van der Waals surface area contributed by atoms with E-state index in [4.69, 9.17) is 11.6 Å². The average Bonchev–Trinajstić information content (AvgIpc) is 2.47. The van der Waals surface area contributed by atoms with Gasteiger partial charge in [-0.1, -0.05) is 37.6 Å². The third kappa shape index (κ3) is 3.95. The molecule has 2 rings (SSSR count). The van der Waals surface area contributed by atoms with Crippen LogP contribution in [0.25, 0.3) is 0 Å². The van der Waals surface area contributed by atoms with Gasteiger partial charge in [0.1, 0.15) is 11.0 Å².